The second-order valence-corrected chi connectivity index (χ2v) is 5.58. The first-order valence-electron chi connectivity index (χ1n) is 5.76. The van der Waals surface area contributed by atoms with Gasteiger partial charge in [0.05, 0.1) is 21.6 Å². The van der Waals surface area contributed by atoms with Crippen LogP contribution in [-0.4, -0.2) is 27.6 Å². The molecule has 2 atom stereocenters. The summed E-state index contributed by atoms with van der Waals surface area (Å²) in [5.41, 5.74) is 4.10. The van der Waals surface area contributed by atoms with Crippen LogP contribution in [0.2, 0.25) is 0 Å². The summed E-state index contributed by atoms with van der Waals surface area (Å²) in [7, 11) is 0. The Kier molecular flexibility index (Phi) is 5.07. The van der Waals surface area contributed by atoms with E-state index >= 15 is 0 Å². The molecule has 0 saturated carbocycles. The Labute approximate surface area is 124 Å². The Bertz CT molecular complexity index is 533. The maximum atomic E-state index is 10.9. The van der Waals surface area contributed by atoms with Gasteiger partial charge in [-0.15, -0.1) is 0 Å². The summed E-state index contributed by atoms with van der Waals surface area (Å²) in [4.78, 5) is 21.1. The van der Waals surface area contributed by atoms with E-state index in [2.05, 4.69) is 15.9 Å². The predicted molar refractivity (Wildman–Crippen MR) is 75.7 cm³/mol. The van der Waals surface area contributed by atoms with Crippen LogP contribution in [0.15, 0.2) is 22.7 Å². The van der Waals surface area contributed by atoms with Gasteiger partial charge in [-0.1, -0.05) is 0 Å². The van der Waals surface area contributed by atoms with Crippen LogP contribution < -0.4 is 10.5 Å². The second kappa shape index (κ2) is 6.19. The third-order valence-electron chi connectivity index (χ3n) is 2.65. The molecule has 1 aromatic rings. The topological polar surface area (TPSA) is 116 Å². The van der Waals surface area contributed by atoms with Gasteiger partial charge in [0.15, 0.2) is 0 Å². The number of nitrogens with zero attached hydrogens (tertiary/aromatic N) is 1. The molecule has 20 heavy (non-hydrogen) atoms. The van der Waals surface area contributed by atoms with E-state index in [4.69, 9.17) is 15.6 Å². The summed E-state index contributed by atoms with van der Waals surface area (Å²) in [6.45, 7) is 3.04. The lowest BCUT2D eigenvalue weighted by Gasteiger charge is -2.24. The average Bonchev–Trinajstić information content (AvgIpc) is 2.30. The van der Waals surface area contributed by atoms with E-state index in [1.54, 1.807) is 6.92 Å². The van der Waals surface area contributed by atoms with Gasteiger partial charge < -0.3 is 15.6 Å². The molecule has 0 heterocycles. The van der Waals surface area contributed by atoms with Crippen molar-refractivity contribution in [3.05, 3.63) is 32.8 Å². The van der Waals surface area contributed by atoms with Crippen LogP contribution in [0.5, 0.6) is 5.75 Å². The summed E-state index contributed by atoms with van der Waals surface area (Å²) in [5, 5.41) is 19.7. The van der Waals surface area contributed by atoms with Gasteiger partial charge in [-0.2, -0.15) is 0 Å². The summed E-state index contributed by atoms with van der Waals surface area (Å²) in [6, 6.07) is 4.11. The molecule has 0 amide bonds. The fourth-order valence-electron chi connectivity index (χ4n) is 1.64. The fraction of sp³-hybridized carbons (Fsp3) is 0.417. The molecular weight excluding hydrogens is 332 g/mol. The Morgan fingerprint density at radius 2 is 2.25 bits per heavy atom. The number of ether oxygens (including phenoxy) is 1. The van der Waals surface area contributed by atoms with Crippen molar-refractivity contribution in [1.82, 2.24) is 0 Å². The van der Waals surface area contributed by atoms with Crippen molar-refractivity contribution in [3.63, 3.8) is 0 Å². The van der Waals surface area contributed by atoms with E-state index in [0.717, 1.165) is 0 Å². The van der Waals surface area contributed by atoms with Crippen LogP contribution in [0, 0.1) is 10.1 Å². The number of carboxylic acid groups (broad SMARTS) is 1. The number of nitrogens with two attached hydrogens (primary N) is 1. The molecule has 110 valence electrons. The van der Waals surface area contributed by atoms with Crippen molar-refractivity contribution < 1.29 is 19.6 Å². The number of halogens is 1. The number of aliphatic carboxylic acids is 1. The Hall–Kier alpha value is -1.67. The van der Waals surface area contributed by atoms with E-state index in [0.29, 0.717) is 4.47 Å². The molecule has 8 heteroatoms. The number of nitro groups is 1. The van der Waals surface area contributed by atoms with Crippen molar-refractivity contribution in [2.75, 3.05) is 0 Å². The van der Waals surface area contributed by atoms with E-state index in [9.17, 15) is 14.9 Å². The van der Waals surface area contributed by atoms with Crippen molar-refractivity contribution in [2.45, 2.75) is 31.9 Å². The maximum Gasteiger partial charge on any atom is 0.323 e. The van der Waals surface area contributed by atoms with E-state index < -0.39 is 22.5 Å². The Balaban J connectivity index is 2.85. The molecule has 0 aliphatic carbocycles. The minimum absolute atomic E-state index is 0.0669. The number of hydrogen-bond donors (Lipinski definition) is 2. The summed E-state index contributed by atoms with van der Waals surface area (Å²) < 4.78 is 6.07. The first-order chi connectivity index (χ1) is 9.13. The monoisotopic (exact) mass is 346 g/mol. The van der Waals surface area contributed by atoms with Gasteiger partial charge in [0, 0.05) is 12.5 Å². The van der Waals surface area contributed by atoms with Gasteiger partial charge >= 0.3 is 5.97 Å². The van der Waals surface area contributed by atoms with Crippen LogP contribution in [0.25, 0.3) is 0 Å². The van der Waals surface area contributed by atoms with Crippen LogP contribution >= 0.6 is 15.9 Å². The minimum Gasteiger partial charge on any atom is -0.489 e. The highest BCUT2D eigenvalue weighted by Crippen LogP contribution is 2.30. The average molecular weight is 347 g/mol. The number of benzene rings is 1. The number of carbonyl (C=O) groups is 1. The molecule has 2 unspecified atom stereocenters. The van der Waals surface area contributed by atoms with Crippen LogP contribution in [-0.2, 0) is 4.79 Å². The highest BCUT2D eigenvalue weighted by Gasteiger charge is 2.31. The van der Waals surface area contributed by atoms with E-state index in [1.807, 2.05) is 0 Å². The Morgan fingerprint density at radius 3 is 2.75 bits per heavy atom. The van der Waals surface area contributed by atoms with Crippen molar-refractivity contribution in [2.24, 2.45) is 5.73 Å². The third kappa shape index (κ3) is 4.17. The van der Waals surface area contributed by atoms with Gasteiger partial charge in [0.25, 0.3) is 5.69 Å². The van der Waals surface area contributed by atoms with Crippen molar-refractivity contribution >= 4 is 27.6 Å². The maximum absolute atomic E-state index is 10.9. The molecule has 1 rings (SSSR count). The first-order valence-corrected chi connectivity index (χ1v) is 6.55. The number of non-ortho nitro benzene ring substituents is 1. The summed E-state index contributed by atoms with van der Waals surface area (Å²) in [6.07, 6.45) is -0.448. The van der Waals surface area contributed by atoms with Crippen LogP contribution in [0.1, 0.15) is 20.3 Å². The molecule has 1 aromatic carbocycles. The smallest absolute Gasteiger partial charge is 0.323 e. The third-order valence-corrected chi connectivity index (χ3v) is 3.31. The predicted octanol–water partition coefficient (Wildman–Crippen LogP) is 2.32. The molecule has 0 aliphatic rings. The Morgan fingerprint density at radius 1 is 1.65 bits per heavy atom. The molecule has 0 saturated heterocycles. The van der Waals surface area contributed by atoms with Crippen molar-refractivity contribution in [1.29, 1.82) is 0 Å². The molecule has 0 aromatic heterocycles. The number of nitro benzene ring substituents is 1. The first kappa shape index (κ1) is 16.4. The van der Waals surface area contributed by atoms with E-state index in [-0.39, 0.29) is 17.9 Å². The lowest BCUT2D eigenvalue weighted by atomic mass is 9.96. The molecular formula is C12H15BrN2O5. The second-order valence-electron chi connectivity index (χ2n) is 4.73. The highest BCUT2D eigenvalue weighted by molar-refractivity contribution is 9.10. The summed E-state index contributed by atoms with van der Waals surface area (Å²) >= 11 is 3.22. The zero-order valence-electron chi connectivity index (χ0n) is 11.0. The van der Waals surface area contributed by atoms with Crippen LogP contribution in [0.3, 0.4) is 0 Å². The van der Waals surface area contributed by atoms with Gasteiger partial charge in [-0.3, -0.25) is 14.9 Å². The lowest BCUT2D eigenvalue weighted by molar-refractivity contribution is -0.385. The highest BCUT2D eigenvalue weighted by atomic mass is 79.9. The molecule has 7 nitrogen and oxygen atoms in total. The zero-order chi connectivity index (χ0) is 15.5. The molecule has 0 spiro atoms. The lowest BCUT2D eigenvalue weighted by Crippen LogP contribution is -2.47. The fourth-order valence-corrected chi connectivity index (χ4v) is 1.98. The van der Waals surface area contributed by atoms with Crippen molar-refractivity contribution in [3.8, 4) is 5.75 Å². The standard InChI is InChI=1S/C12H15BrN2O5/c1-7(6-12(2,14)11(16)17)20-10-5-8(15(18)19)3-4-9(10)13/h3-5,7H,6,14H2,1-2H3,(H,16,17). The van der Waals surface area contributed by atoms with E-state index in [1.165, 1.54) is 25.1 Å². The van der Waals surface area contributed by atoms with Gasteiger partial charge in [-0.25, -0.2) is 0 Å². The van der Waals surface area contributed by atoms with Gasteiger partial charge in [0.1, 0.15) is 11.3 Å². The molecule has 3 N–H and O–H groups in total. The molecule has 0 fully saturated rings. The van der Waals surface area contributed by atoms with Gasteiger partial charge in [0.2, 0.25) is 0 Å². The number of rotatable bonds is 6. The number of carboxylic acids is 1. The minimum atomic E-state index is -1.42. The normalized spacial score (nSPS) is 15.2. The largest absolute Gasteiger partial charge is 0.489 e. The quantitative estimate of drug-likeness (QED) is 0.603. The molecule has 0 aliphatic heterocycles. The van der Waals surface area contributed by atoms with Gasteiger partial charge in [-0.05, 0) is 35.8 Å². The molecule has 0 bridgehead atoms. The molecule has 0 radical (unpaired) electrons. The number of hydrogen-bond acceptors (Lipinski definition) is 5. The van der Waals surface area contributed by atoms with Crippen LogP contribution in [0.4, 0.5) is 5.69 Å². The zero-order valence-corrected chi connectivity index (χ0v) is 12.6. The SMILES string of the molecule is CC(CC(C)(N)C(=O)O)Oc1cc([N+](=O)[O-])ccc1Br. The summed E-state index contributed by atoms with van der Waals surface area (Å²) in [5.74, 6) is -0.862.